The lowest BCUT2D eigenvalue weighted by Gasteiger charge is -2.11. The van der Waals surface area contributed by atoms with Crippen LogP contribution in [0.15, 0.2) is 72.8 Å². The maximum Gasteiger partial charge on any atom is 0.416 e. The molecular weight excluding hydrogens is 422 g/mol. The van der Waals surface area contributed by atoms with Crippen LogP contribution in [-0.4, -0.2) is 19.8 Å². The van der Waals surface area contributed by atoms with Crippen molar-refractivity contribution in [3.63, 3.8) is 0 Å². The largest absolute Gasteiger partial charge is 0.416 e. The first-order valence-corrected chi connectivity index (χ1v) is 9.70. The van der Waals surface area contributed by atoms with Gasteiger partial charge in [-0.25, -0.2) is 9.37 Å². The molecule has 0 unspecified atom stereocenters. The van der Waals surface area contributed by atoms with Crippen molar-refractivity contribution in [2.24, 2.45) is 0 Å². The number of fused-ring (bicyclic) bond motifs is 3. The number of para-hydroxylation sites is 1. The fraction of sp³-hybridized carbons (Fsp3) is 0.0870. The van der Waals surface area contributed by atoms with Crippen molar-refractivity contribution < 1.29 is 17.6 Å². The molecule has 0 atom stereocenters. The SMILES string of the molecule is Fc1ccc(CNc2nc3c(-c4cccc(C(F)(F)F)c4)nnn3c3ccccc23)cc1. The van der Waals surface area contributed by atoms with Gasteiger partial charge in [0.1, 0.15) is 17.3 Å². The zero-order chi connectivity index (χ0) is 22.3. The number of alkyl halides is 3. The van der Waals surface area contributed by atoms with Crippen LogP contribution < -0.4 is 5.32 Å². The molecule has 0 spiro atoms. The molecule has 3 aromatic carbocycles. The van der Waals surface area contributed by atoms with Gasteiger partial charge in [0.15, 0.2) is 5.65 Å². The van der Waals surface area contributed by atoms with Crippen molar-refractivity contribution in [3.8, 4) is 11.3 Å². The van der Waals surface area contributed by atoms with Gasteiger partial charge >= 0.3 is 6.18 Å². The van der Waals surface area contributed by atoms with Crippen molar-refractivity contribution in [3.05, 3.63) is 89.7 Å². The normalized spacial score (nSPS) is 11.9. The van der Waals surface area contributed by atoms with Gasteiger partial charge in [-0.1, -0.05) is 41.6 Å². The van der Waals surface area contributed by atoms with E-state index in [-0.39, 0.29) is 17.1 Å². The van der Waals surface area contributed by atoms with E-state index in [1.807, 2.05) is 24.3 Å². The van der Waals surface area contributed by atoms with Gasteiger partial charge in [-0.3, -0.25) is 0 Å². The summed E-state index contributed by atoms with van der Waals surface area (Å²) in [7, 11) is 0. The topological polar surface area (TPSA) is 55.1 Å². The highest BCUT2D eigenvalue weighted by Gasteiger charge is 2.31. The third kappa shape index (κ3) is 3.62. The monoisotopic (exact) mass is 437 g/mol. The van der Waals surface area contributed by atoms with Crippen LogP contribution in [0.2, 0.25) is 0 Å². The fourth-order valence-electron chi connectivity index (χ4n) is 3.52. The minimum atomic E-state index is -4.47. The van der Waals surface area contributed by atoms with Gasteiger partial charge in [-0.05, 0) is 42.0 Å². The van der Waals surface area contributed by atoms with E-state index in [0.29, 0.717) is 23.5 Å². The van der Waals surface area contributed by atoms with Gasteiger partial charge in [-0.15, -0.1) is 5.10 Å². The molecule has 0 bridgehead atoms. The summed E-state index contributed by atoms with van der Waals surface area (Å²) >= 11 is 0. The van der Waals surface area contributed by atoms with Gasteiger partial charge in [-0.2, -0.15) is 17.7 Å². The number of nitrogens with zero attached hydrogens (tertiary/aromatic N) is 4. The molecule has 0 amide bonds. The molecule has 1 N–H and O–H groups in total. The molecule has 160 valence electrons. The van der Waals surface area contributed by atoms with Crippen molar-refractivity contribution in [1.29, 1.82) is 0 Å². The van der Waals surface area contributed by atoms with Crippen molar-refractivity contribution in [2.75, 3.05) is 5.32 Å². The lowest BCUT2D eigenvalue weighted by Crippen LogP contribution is -2.05. The van der Waals surface area contributed by atoms with E-state index in [9.17, 15) is 17.6 Å². The van der Waals surface area contributed by atoms with E-state index >= 15 is 0 Å². The zero-order valence-corrected chi connectivity index (χ0v) is 16.4. The van der Waals surface area contributed by atoms with Crippen LogP contribution in [0, 0.1) is 5.82 Å². The summed E-state index contributed by atoms with van der Waals surface area (Å²) in [6.07, 6.45) is -4.47. The van der Waals surface area contributed by atoms with E-state index in [1.54, 1.807) is 18.2 Å². The van der Waals surface area contributed by atoms with E-state index < -0.39 is 11.7 Å². The second-order valence-electron chi connectivity index (χ2n) is 7.21. The average molecular weight is 437 g/mol. The Balaban J connectivity index is 1.62. The van der Waals surface area contributed by atoms with Gasteiger partial charge in [0.25, 0.3) is 0 Å². The number of anilines is 1. The molecule has 0 fully saturated rings. The Kier molecular flexibility index (Phi) is 4.73. The summed E-state index contributed by atoms with van der Waals surface area (Å²) in [6, 6.07) is 18.4. The lowest BCUT2D eigenvalue weighted by molar-refractivity contribution is -0.137. The Labute approximate surface area is 179 Å². The number of hydrogen-bond acceptors (Lipinski definition) is 4. The first-order chi connectivity index (χ1) is 15.4. The Morgan fingerprint density at radius 1 is 0.906 bits per heavy atom. The third-order valence-electron chi connectivity index (χ3n) is 5.09. The number of halogens is 4. The Bertz CT molecular complexity index is 1420. The smallest absolute Gasteiger partial charge is 0.365 e. The summed E-state index contributed by atoms with van der Waals surface area (Å²) in [5, 5.41) is 12.3. The third-order valence-corrected chi connectivity index (χ3v) is 5.09. The molecule has 5 aromatic rings. The van der Waals surface area contributed by atoms with Gasteiger partial charge in [0.2, 0.25) is 0 Å². The van der Waals surface area contributed by atoms with Crippen LogP contribution in [0.1, 0.15) is 11.1 Å². The quantitative estimate of drug-likeness (QED) is 0.366. The predicted octanol–water partition coefficient (Wildman–Crippen LogP) is 5.71. The molecule has 2 heterocycles. The number of aromatic nitrogens is 4. The van der Waals surface area contributed by atoms with Gasteiger partial charge in [0, 0.05) is 17.5 Å². The highest BCUT2D eigenvalue weighted by molar-refractivity contribution is 5.93. The first-order valence-electron chi connectivity index (χ1n) is 9.70. The molecule has 0 aliphatic heterocycles. The van der Waals surface area contributed by atoms with E-state index in [2.05, 4.69) is 20.6 Å². The number of hydrogen-bond donors (Lipinski definition) is 1. The van der Waals surface area contributed by atoms with Crippen LogP contribution >= 0.6 is 0 Å². The summed E-state index contributed by atoms with van der Waals surface area (Å²) in [6.45, 7) is 0.383. The van der Waals surface area contributed by atoms with Crippen molar-refractivity contribution in [2.45, 2.75) is 12.7 Å². The minimum Gasteiger partial charge on any atom is -0.365 e. The molecule has 9 heteroatoms. The van der Waals surface area contributed by atoms with Gasteiger partial charge in [0.05, 0.1) is 11.1 Å². The van der Waals surface area contributed by atoms with Crippen molar-refractivity contribution in [1.82, 2.24) is 19.8 Å². The highest BCUT2D eigenvalue weighted by Crippen LogP contribution is 2.33. The standard InChI is InChI=1S/C23H15F4N5/c24-17-10-8-14(9-11-17)13-28-21-18-6-1-2-7-19(18)32-22(29-21)20(30-31-32)15-4-3-5-16(12-15)23(25,26)27/h1-12H,13H2,(H,28,29). The lowest BCUT2D eigenvalue weighted by atomic mass is 10.1. The number of benzene rings is 3. The average Bonchev–Trinajstić information content (AvgIpc) is 3.22. The molecule has 2 aromatic heterocycles. The van der Waals surface area contributed by atoms with E-state index in [1.165, 1.54) is 22.7 Å². The first kappa shape index (κ1) is 19.9. The number of rotatable bonds is 4. The summed E-state index contributed by atoms with van der Waals surface area (Å²) in [5.41, 5.74) is 1.61. The molecule has 0 saturated heterocycles. The second kappa shape index (κ2) is 7.60. The van der Waals surface area contributed by atoms with Crippen molar-refractivity contribution >= 4 is 22.4 Å². The molecule has 0 radical (unpaired) electrons. The van der Waals surface area contributed by atoms with E-state index in [0.717, 1.165) is 23.1 Å². The van der Waals surface area contributed by atoms with Gasteiger partial charge < -0.3 is 5.32 Å². The Morgan fingerprint density at radius 3 is 2.47 bits per heavy atom. The Hall–Kier alpha value is -4.01. The Morgan fingerprint density at radius 2 is 1.69 bits per heavy atom. The second-order valence-corrected chi connectivity index (χ2v) is 7.21. The zero-order valence-electron chi connectivity index (χ0n) is 16.4. The molecule has 32 heavy (non-hydrogen) atoms. The summed E-state index contributed by atoms with van der Waals surface area (Å²) < 4.78 is 54.3. The highest BCUT2D eigenvalue weighted by atomic mass is 19.4. The molecule has 5 rings (SSSR count). The molecule has 0 saturated carbocycles. The van der Waals surface area contributed by atoms with Crippen LogP contribution in [0.25, 0.3) is 27.8 Å². The summed E-state index contributed by atoms with van der Waals surface area (Å²) in [5.74, 6) is 0.197. The van der Waals surface area contributed by atoms with Crippen LogP contribution in [0.4, 0.5) is 23.4 Å². The molecule has 0 aliphatic rings. The fourth-order valence-corrected chi connectivity index (χ4v) is 3.52. The number of nitrogens with one attached hydrogen (secondary N) is 1. The molecule has 5 nitrogen and oxygen atoms in total. The molecule has 0 aliphatic carbocycles. The predicted molar refractivity (Wildman–Crippen MR) is 112 cm³/mol. The maximum atomic E-state index is 13.2. The van der Waals surface area contributed by atoms with Crippen LogP contribution in [0.3, 0.4) is 0 Å². The maximum absolute atomic E-state index is 13.2. The minimum absolute atomic E-state index is 0.242. The van der Waals surface area contributed by atoms with E-state index in [4.69, 9.17) is 0 Å². The van der Waals surface area contributed by atoms with Crippen LogP contribution in [0.5, 0.6) is 0 Å². The summed E-state index contributed by atoms with van der Waals surface area (Å²) in [4.78, 5) is 4.64. The van der Waals surface area contributed by atoms with Crippen LogP contribution in [-0.2, 0) is 12.7 Å². The molecular formula is C23H15F4N5.